The summed E-state index contributed by atoms with van der Waals surface area (Å²) in [6, 6.07) is 18.3. The molecule has 0 radical (unpaired) electrons. The lowest BCUT2D eigenvalue weighted by Gasteiger charge is -2.09. The van der Waals surface area contributed by atoms with Crippen LogP contribution in [0.25, 0.3) is 10.9 Å². The predicted molar refractivity (Wildman–Crippen MR) is 85.3 cm³/mol. The first-order valence-electron chi connectivity index (χ1n) is 7.06. The number of ether oxygens (including phenoxy) is 1. The summed E-state index contributed by atoms with van der Waals surface area (Å²) in [5.41, 5.74) is 3.32. The van der Waals surface area contributed by atoms with Crippen LogP contribution in [0.3, 0.4) is 0 Å². The number of nitrogens with zero attached hydrogens (tertiary/aromatic N) is 1. The van der Waals surface area contributed by atoms with Crippen LogP contribution < -0.4 is 10.1 Å². The molecule has 1 N–H and O–H groups in total. The highest BCUT2D eigenvalue weighted by molar-refractivity contribution is 5.81. The van der Waals surface area contributed by atoms with Gasteiger partial charge in [0.05, 0.1) is 5.52 Å². The van der Waals surface area contributed by atoms with E-state index in [9.17, 15) is 0 Å². The van der Waals surface area contributed by atoms with Crippen molar-refractivity contribution in [2.24, 2.45) is 0 Å². The highest BCUT2D eigenvalue weighted by Gasteiger charge is 2.03. The second-order valence-electron chi connectivity index (χ2n) is 4.96. The third-order valence-electron chi connectivity index (χ3n) is 3.39. The van der Waals surface area contributed by atoms with Crippen molar-refractivity contribution in [3.05, 3.63) is 71.9 Å². The molecule has 0 spiro atoms. The van der Waals surface area contributed by atoms with Crippen molar-refractivity contribution in [1.29, 1.82) is 0 Å². The summed E-state index contributed by atoms with van der Waals surface area (Å²) in [6.07, 6.45) is 1.82. The molecule has 0 bridgehead atoms. The number of nitrogens with one attached hydrogen (secondary N) is 1. The molecule has 3 rings (SSSR count). The zero-order chi connectivity index (χ0) is 14.5. The standard InChI is InChI=1S/C18H18N2O/c1-19-12-14-5-2-9-17(11-14)21-13-16-7-3-6-15-8-4-10-20-18(15)16/h2-11,19H,12-13H2,1H3. The molecule has 0 amide bonds. The van der Waals surface area contributed by atoms with Crippen molar-refractivity contribution in [3.8, 4) is 5.75 Å². The van der Waals surface area contributed by atoms with Crippen LogP contribution in [0.15, 0.2) is 60.8 Å². The van der Waals surface area contributed by atoms with E-state index in [1.807, 2.05) is 37.5 Å². The van der Waals surface area contributed by atoms with Crippen LogP contribution in [0.4, 0.5) is 0 Å². The van der Waals surface area contributed by atoms with Gasteiger partial charge in [-0.2, -0.15) is 0 Å². The number of fused-ring (bicyclic) bond motifs is 1. The van der Waals surface area contributed by atoms with E-state index in [4.69, 9.17) is 4.74 Å². The van der Waals surface area contributed by atoms with E-state index in [-0.39, 0.29) is 0 Å². The molecule has 0 unspecified atom stereocenters. The van der Waals surface area contributed by atoms with Crippen LogP contribution in [0.2, 0.25) is 0 Å². The summed E-state index contributed by atoms with van der Waals surface area (Å²) in [4.78, 5) is 4.45. The maximum atomic E-state index is 5.92. The molecule has 0 saturated heterocycles. The number of hydrogen-bond donors (Lipinski definition) is 1. The Morgan fingerprint density at radius 2 is 1.90 bits per heavy atom. The van der Waals surface area contributed by atoms with Crippen LogP contribution in [-0.2, 0) is 13.2 Å². The van der Waals surface area contributed by atoms with Crippen molar-refractivity contribution in [3.63, 3.8) is 0 Å². The summed E-state index contributed by atoms with van der Waals surface area (Å²) >= 11 is 0. The lowest BCUT2D eigenvalue weighted by atomic mass is 10.1. The Balaban J connectivity index is 1.79. The molecule has 2 aromatic carbocycles. The van der Waals surface area contributed by atoms with Gasteiger partial charge in [0.2, 0.25) is 0 Å². The van der Waals surface area contributed by atoms with Gasteiger partial charge >= 0.3 is 0 Å². The summed E-state index contributed by atoms with van der Waals surface area (Å²) in [5, 5.41) is 4.28. The van der Waals surface area contributed by atoms with Gasteiger partial charge in [0.25, 0.3) is 0 Å². The summed E-state index contributed by atoms with van der Waals surface area (Å²) < 4.78 is 5.92. The van der Waals surface area contributed by atoms with E-state index in [2.05, 4.69) is 40.6 Å². The first-order chi connectivity index (χ1) is 10.4. The minimum atomic E-state index is 0.525. The predicted octanol–water partition coefficient (Wildman–Crippen LogP) is 3.53. The fourth-order valence-corrected chi connectivity index (χ4v) is 2.39. The van der Waals surface area contributed by atoms with E-state index in [0.717, 1.165) is 28.8 Å². The molecule has 0 saturated carbocycles. The van der Waals surface area contributed by atoms with Crippen molar-refractivity contribution in [2.75, 3.05) is 7.05 Å². The Labute approximate surface area is 124 Å². The van der Waals surface area contributed by atoms with E-state index < -0.39 is 0 Å². The number of aromatic nitrogens is 1. The van der Waals surface area contributed by atoms with Crippen molar-refractivity contribution < 1.29 is 4.74 Å². The molecular formula is C18H18N2O. The lowest BCUT2D eigenvalue weighted by Crippen LogP contribution is -2.05. The molecule has 21 heavy (non-hydrogen) atoms. The lowest BCUT2D eigenvalue weighted by molar-refractivity contribution is 0.307. The smallest absolute Gasteiger partial charge is 0.120 e. The first-order valence-corrected chi connectivity index (χ1v) is 7.06. The molecule has 0 atom stereocenters. The zero-order valence-electron chi connectivity index (χ0n) is 12.0. The van der Waals surface area contributed by atoms with Gasteiger partial charge in [-0.1, -0.05) is 36.4 Å². The molecular weight excluding hydrogens is 260 g/mol. The number of benzene rings is 2. The number of pyridine rings is 1. The fourth-order valence-electron chi connectivity index (χ4n) is 2.39. The van der Waals surface area contributed by atoms with Gasteiger partial charge in [-0.05, 0) is 30.8 Å². The molecule has 0 aliphatic heterocycles. The Morgan fingerprint density at radius 3 is 2.81 bits per heavy atom. The summed E-state index contributed by atoms with van der Waals surface area (Å²) in [7, 11) is 1.94. The second-order valence-corrected chi connectivity index (χ2v) is 4.96. The van der Waals surface area contributed by atoms with Gasteiger partial charge in [0.15, 0.2) is 0 Å². The van der Waals surface area contributed by atoms with Crippen LogP contribution >= 0.6 is 0 Å². The van der Waals surface area contributed by atoms with Gasteiger partial charge < -0.3 is 10.1 Å². The Morgan fingerprint density at radius 1 is 1.05 bits per heavy atom. The average molecular weight is 278 g/mol. The number of para-hydroxylation sites is 1. The highest BCUT2D eigenvalue weighted by atomic mass is 16.5. The molecule has 0 aliphatic rings. The molecule has 1 aromatic heterocycles. The molecule has 3 heteroatoms. The Kier molecular flexibility index (Phi) is 4.12. The van der Waals surface area contributed by atoms with Crippen LogP contribution in [0, 0.1) is 0 Å². The first kappa shape index (κ1) is 13.6. The van der Waals surface area contributed by atoms with Crippen LogP contribution in [-0.4, -0.2) is 12.0 Å². The molecule has 106 valence electrons. The van der Waals surface area contributed by atoms with Crippen molar-refractivity contribution in [1.82, 2.24) is 10.3 Å². The van der Waals surface area contributed by atoms with E-state index in [0.29, 0.717) is 6.61 Å². The Bertz CT molecular complexity index is 735. The van der Waals surface area contributed by atoms with Crippen molar-refractivity contribution >= 4 is 10.9 Å². The molecule has 0 fully saturated rings. The van der Waals surface area contributed by atoms with Gasteiger partial charge in [-0.3, -0.25) is 4.98 Å². The molecule has 3 nitrogen and oxygen atoms in total. The van der Waals surface area contributed by atoms with Crippen LogP contribution in [0.1, 0.15) is 11.1 Å². The topological polar surface area (TPSA) is 34.1 Å². The van der Waals surface area contributed by atoms with E-state index in [1.165, 1.54) is 5.56 Å². The third-order valence-corrected chi connectivity index (χ3v) is 3.39. The average Bonchev–Trinajstić information content (AvgIpc) is 2.53. The van der Waals surface area contributed by atoms with Crippen LogP contribution in [0.5, 0.6) is 5.75 Å². The second kappa shape index (κ2) is 6.37. The Hall–Kier alpha value is -2.39. The van der Waals surface area contributed by atoms with Crippen molar-refractivity contribution in [2.45, 2.75) is 13.2 Å². The largest absolute Gasteiger partial charge is 0.489 e. The van der Waals surface area contributed by atoms with Gasteiger partial charge in [-0.15, -0.1) is 0 Å². The van der Waals surface area contributed by atoms with Gasteiger partial charge in [0.1, 0.15) is 12.4 Å². The van der Waals surface area contributed by atoms with E-state index in [1.54, 1.807) is 0 Å². The maximum Gasteiger partial charge on any atom is 0.120 e. The fraction of sp³-hybridized carbons (Fsp3) is 0.167. The van der Waals surface area contributed by atoms with E-state index >= 15 is 0 Å². The summed E-state index contributed by atoms with van der Waals surface area (Å²) in [6.45, 7) is 1.37. The third kappa shape index (κ3) is 3.20. The van der Waals surface area contributed by atoms with Gasteiger partial charge in [-0.25, -0.2) is 0 Å². The number of hydrogen-bond acceptors (Lipinski definition) is 3. The normalized spacial score (nSPS) is 10.7. The molecule has 0 aliphatic carbocycles. The number of rotatable bonds is 5. The maximum absolute atomic E-state index is 5.92. The minimum absolute atomic E-state index is 0.525. The molecule has 3 aromatic rings. The minimum Gasteiger partial charge on any atom is -0.489 e. The zero-order valence-corrected chi connectivity index (χ0v) is 12.0. The monoisotopic (exact) mass is 278 g/mol. The molecule has 1 heterocycles. The quantitative estimate of drug-likeness (QED) is 0.775. The highest BCUT2D eigenvalue weighted by Crippen LogP contribution is 2.19. The SMILES string of the molecule is CNCc1cccc(OCc2cccc3cccnc23)c1. The van der Waals surface area contributed by atoms with Gasteiger partial charge in [0, 0.05) is 23.7 Å². The summed E-state index contributed by atoms with van der Waals surface area (Å²) in [5.74, 6) is 0.885.